The molecule has 1 heterocycles. The summed E-state index contributed by atoms with van der Waals surface area (Å²) in [4.78, 5) is 22.5. The minimum atomic E-state index is -1.11. The first kappa shape index (κ1) is 14.7. The van der Waals surface area contributed by atoms with Crippen molar-refractivity contribution >= 4 is 17.6 Å². The van der Waals surface area contributed by atoms with Gasteiger partial charge in [-0.15, -0.1) is 0 Å². The molecular formula is C14H14FN3O3. The summed E-state index contributed by atoms with van der Waals surface area (Å²) in [7, 11) is 0. The molecular weight excluding hydrogens is 277 g/mol. The van der Waals surface area contributed by atoms with Gasteiger partial charge in [-0.1, -0.05) is 0 Å². The molecule has 0 atom stereocenters. The highest BCUT2D eigenvalue weighted by molar-refractivity contribution is 5.91. The highest BCUT2D eigenvalue weighted by atomic mass is 19.1. The van der Waals surface area contributed by atoms with Gasteiger partial charge in [-0.3, -0.25) is 9.48 Å². The maximum absolute atomic E-state index is 12.9. The summed E-state index contributed by atoms with van der Waals surface area (Å²) in [5, 5.41) is 15.2. The molecule has 0 fully saturated rings. The van der Waals surface area contributed by atoms with Gasteiger partial charge < -0.3 is 10.4 Å². The molecule has 1 amide bonds. The molecule has 2 N–H and O–H groups in total. The molecule has 110 valence electrons. The zero-order chi connectivity index (χ0) is 15.4. The number of carbonyl (C=O) groups is 2. The van der Waals surface area contributed by atoms with Crippen molar-refractivity contribution in [1.29, 1.82) is 0 Å². The predicted octanol–water partition coefficient (Wildman–Crippen LogP) is 2.06. The maximum Gasteiger partial charge on any atom is 0.356 e. The summed E-state index contributed by atoms with van der Waals surface area (Å²) in [6, 6.07) is 5.47. The van der Waals surface area contributed by atoms with Crippen LogP contribution >= 0.6 is 0 Å². The Morgan fingerprint density at radius 2 is 2.14 bits per heavy atom. The Balaban J connectivity index is 1.91. The minimum absolute atomic E-state index is 0.0650. The lowest BCUT2D eigenvalue weighted by atomic mass is 10.2. The molecule has 2 aromatic rings. The van der Waals surface area contributed by atoms with E-state index in [4.69, 9.17) is 5.11 Å². The van der Waals surface area contributed by atoms with Crippen LogP contribution in [0.1, 0.15) is 22.5 Å². The molecule has 0 spiro atoms. The molecule has 0 radical (unpaired) electrons. The van der Waals surface area contributed by atoms with Crippen LogP contribution in [0.3, 0.4) is 0 Å². The number of nitrogens with zero attached hydrogens (tertiary/aromatic N) is 2. The number of anilines is 1. The molecule has 0 aliphatic rings. The number of benzene rings is 1. The monoisotopic (exact) mass is 291 g/mol. The van der Waals surface area contributed by atoms with Crippen LogP contribution in [-0.4, -0.2) is 26.8 Å². The minimum Gasteiger partial charge on any atom is -0.476 e. The van der Waals surface area contributed by atoms with Gasteiger partial charge in [0.05, 0.1) is 0 Å². The smallest absolute Gasteiger partial charge is 0.356 e. The lowest BCUT2D eigenvalue weighted by molar-refractivity contribution is -0.116. The number of amides is 1. The Bertz CT molecular complexity index is 682. The zero-order valence-corrected chi connectivity index (χ0v) is 11.3. The van der Waals surface area contributed by atoms with Crippen molar-refractivity contribution < 1.29 is 19.1 Å². The number of halogens is 1. The van der Waals surface area contributed by atoms with E-state index < -0.39 is 5.97 Å². The molecule has 0 aliphatic heterocycles. The number of rotatable bonds is 5. The third kappa shape index (κ3) is 3.88. The van der Waals surface area contributed by atoms with E-state index in [0.29, 0.717) is 11.3 Å². The summed E-state index contributed by atoms with van der Waals surface area (Å²) >= 11 is 0. The molecule has 21 heavy (non-hydrogen) atoms. The quantitative estimate of drug-likeness (QED) is 0.883. The molecule has 6 nitrogen and oxygen atoms in total. The Kier molecular flexibility index (Phi) is 4.32. The van der Waals surface area contributed by atoms with Crippen LogP contribution in [0.15, 0.2) is 30.5 Å². The predicted molar refractivity (Wildman–Crippen MR) is 73.6 cm³/mol. The van der Waals surface area contributed by atoms with Gasteiger partial charge in [0.25, 0.3) is 0 Å². The molecule has 7 heteroatoms. The van der Waals surface area contributed by atoms with Crippen LogP contribution in [0.25, 0.3) is 0 Å². The number of nitrogens with one attached hydrogen (secondary N) is 1. The van der Waals surface area contributed by atoms with Gasteiger partial charge in [-0.05, 0) is 36.8 Å². The van der Waals surface area contributed by atoms with Gasteiger partial charge in [-0.2, -0.15) is 5.10 Å². The number of aromatic nitrogens is 2. The first-order chi connectivity index (χ1) is 9.95. The van der Waals surface area contributed by atoms with Crippen molar-refractivity contribution in [3.05, 3.63) is 47.5 Å². The molecule has 1 aromatic heterocycles. The number of aryl methyl sites for hydroxylation is 2. The fourth-order valence-electron chi connectivity index (χ4n) is 1.80. The van der Waals surface area contributed by atoms with Gasteiger partial charge in [-0.25, -0.2) is 9.18 Å². The van der Waals surface area contributed by atoms with Gasteiger partial charge in [0, 0.05) is 24.8 Å². The molecule has 2 rings (SSSR count). The van der Waals surface area contributed by atoms with Crippen LogP contribution in [0, 0.1) is 12.7 Å². The third-order valence-electron chi connectivity index (χ3n) is 2.89. The molecule has 0 saturated heterocycles. The highest BCUT2D eigenvalue weighted by Gasteiger charge is 2.09. The van der Waals surface area contributed by atoms with E-state index in [1.54, 1.807) is 6.92 Å². The Labute approximate surface area is 120 Å². The van der Waals surface area contributed by atoms with Crippen molar-refractivity contribution in [3.63, 3.8) is 0 Å². The summed E-state index contributed by atoms with van der Waals surface area (Å²) < 4.78 is 14.3. The van der Waals surface area contributed by atoms with Crippen LogP contribution in [0.5, 0.6) is 0 Å². The molecule has 0 bridgehead atoms. The second-order valence-electron chi connectivity index (χ2n) is 4.53. The zero-order valence-electron chi connectivity index (χ0n) is 11.3. The Morgan fingerprint density at radius 1 is 1.38 bits per heavy atom. The van der Waals surface area contributed by atoms with Crippen LogP contribution in [-0.2, 0) is 11.3 Å². The molecule has 0 saturated carbocycles. The van der Waals surface area contributed by atoms with E-state index in [9.17, 15) is 14.0 Å². The topological polar surface area (TPSA) is 84.2 Å². The SMILES string of the molecule is Cc1cc(F)ccc1NC(=O)CCn1ccc(C(=O)O)n1. The largest absolute Gasteiger partial charge is 0.476 e. The third-order valence-corrected chi connectivity index (χ3v) is 2.89. The summed E-state index contributed by atoms with van der Waals surface area (Å²) in [5.41, 5.74) is 1.12. The maximum atomic E-state index is 12.9. The lowest BCUT2D eigenvalue weighted by Gasteiger charge is -2.08. The average Bonchev–Trinajstić information content (AvgIpc) is 2.89. The van der Waals surface area contributed by atoms with Gasteiger partial charge in [0.1, 0.15) is 5.82 Å². The average molecular weight is 291 g/mol. The number of carboxylic acid groups (broad SMARTS) is 1. The number of hydrogen-bond donors (Lipinski definition) is 2. The van der Waals surface area contributed by atoms with Crippen LogP contribution in [0.4, 0.5) is 10.1 Å². The second-order valence-corrected chi connectivity index (χ2v) is 4.53. The van der Waals surface area contributed by atoms with Crippen molar-refractivity contribution in [3.8, 4) is 0 Å². The first-order valence-electron chi connectivity index (χ1n) is 6.28. The fraction of sp³-hybridized carbons (Fsp3) is 0.214. The summed E-state index contributed by atoms with van der Waals surface area (Å²) in [6.07, 6.45) is 1.64. The van der Waals surface area contributed by atoms with E-state index in [2.05, 4.69) is 10.4 Å². The van der Waals surface area contributed by atoms with Crippen molar-refractivity contribution in [2.45, 2.75) is 19.9 Å². The van der Waals surface area contributed by atoms with Gasteiger partial charge in [0.2, 0.25) is 5.91 Å². The van der Waals surface area contributed by atoms with Gasteiger partial charge >= 0.3 is 5.97 Å². The van der Waals surface area contributed by atoms with Gasteiger partial charge in [0.15, 0.2) is 5.69 Å². The Morgan fingerprint density at radius 3 is 2.76 bits per heavy atom. The number of aromatic carboxylic acids is 1. The molecule has 0 unspecified atom stereocenters. The lowest BCUT2D eigenvalue weighted by Crippen LogP contribution is -2.15. The number of carbonyl (C=O) groups excluding carboxylic acids is 1. The summed E-state index contributed by atoms with van der Waals surface area (Å²) in [6.45, 7) is 1.96. The van der Waals surface area contributed by atoms with E-state index in [1.165, 1.54) is 35.1 Å². The first-order valence-corrected chi connectivity index (χ1v) is 6.28. The van der Waals surface area contributed by atoms with Crippen LogP contribution < -0.4 is 5.32 Å². The highest BCUT2D eigenvalue weighted by Crippen LogP contribution is 2.15. The van der Waals surface area contributed by atoms with E-state index >= 15 is 0 Å². The molecule has 0 aliphatic carbocycles. The van der Waals surface area contributed by atoms with Crippen molar-refractivity contribution in [1.82, 2.24) is 9.78 Å². The van der Waals surface area contributed by atoms with Crippen molar-refractivity contribution in [2.24, 2.45) is 0 Å². The Hall–Kier alpha value is -2.70. The summed E-state index contributed by atoms with van der Waals surface area (Å²) in [5.74, 6) is -1.72. The van der Waals surface area contributed by atoms with E-state index in [1.807, 2.05) is 0 Å². The number of carboxylic acids is 1. The fourth-order valence-corrected chi connectivity index (χ4v) is 1.80. The van der Waals surface area contributed by atoms with Crippen LogP contribution in [0.2, 0.25) is 0 Å². The van der Waals surface area contributed by atoms with E-state index in [-0.39, 0.29) is 30.4 Å². The second kappa shape index (κ2) is 6.17. The molecule has 1 aromatic carbocycles. The number of hydrogen-bond acceptors (Lipinski definition) is 3. The standard InChI is InChI=1S/C14H14FN3O3/c1-9-8-10(15)2-3-11(9)16-13(19)5-7-18-6-4-12(17-18)14(20)21/h2-4,6,8H,5,7H2,1H3,(H,16,19)(H,20,21). The van der Waals surface area contributed by atoms with E-state index in [0.717, 1.165) is 0 Å². The normalized spacial score (nSPS) is 10.4. The van der Waals surface area contributed by atoms with Crippen molar-refractivity contribution in [2.75, 3.05) is 5.32 Å².